The van der Waals surface area contributed by atoms with Gasteiger partial charge in [-0.3, -0.25) is 10.1 Å². The van der Waals surface area contributed by atoms with Gasteiger partial charge in [0, 0.05) is 17.4 Å². The second kappa shape index (κ2) is 8.63. The van der Waals surface area contributed by atoms with Crippen LogP contribution in [0.1, 0.15) is 12.5 Å². The molecule has 0 aliphatic carbocycles. The summed E-state index contributed by atoms with van der Waals surface area (Å²) in [5, 5.41) is 3.73. The second-order valence-electron chi connectivity index (χ2n) is 6.42. The van der Waals surface area contributed by atoms with Crippen LogP contribution in [0.25, 0.3) is 11.0 Å². The summed E-state index contributed by atoms with van der Waals surface area (Å²) in [6, 6.07) is 17.5. The first-order valence-electron chi connectivity index (χ1n) is 9.04. The van der Waals surface area contributed by atoms with Gasteiger partial charge in [0.05, 0.1) is 22.8 Å². The summed E-state index contributed by atoms with van der Waals surface area (Å²) in [6.45, 7) is 2.49. The van der Waals surface area contributed by atoms with Gasteiger partial charge in [0.1, 0.15) is 0 Å². The number of thioether (sulfide) groups is 1. The van der Waals surface area contributed by atoms with Crippen molar-refractivity contribution in [2.45, 2.75) is 23.9 Å². The molecule has 0 spiro atoms. The SMILES string of the molecule is C[C@H](Sc1nc2cc(Cl)ccc2n1Cc1ccccc1)C(=O)Nc1ncccn1. The molecule has 0 saturated heterocycles. The summed E-state index contributed by atoms with van der Waals surface area (Å²) in [6.07, 6.45) is 3.17. The summed E-state index contributed by atoms with van der Waals surface area (Å²) in [4.78, 5) is 25.4. The van der Waals surface area contributed by atoms with Crippen LogP contribution in [0.3, 0.4) is 0 Å². The van der Waals surface area contributed by atoms with Gasteiger partial charge in [0.25, 0.3) is 0 Å². The number of hydrogen-bond donors (Lipinski definition) is 1. The fourth-order valence-corrected chi connectivity index (χ4v) is 3.97. The van der Waals surface area contributed by atoms with Gasteiger partial charge in [0.2, 0.25) is 11.9 Å². The molecular weight excluding hydrogens is 406 g/mol. The first-order valence-corrected chi connectivity index (χ1v) is 10.3. The molecule has 8 heteroatoms. The lowest BCUT2D eigenvalue weighted by Gasteiger charge is -2.13. The maximum absolute atomic E-state index is 12.6. The summed E-state index contributed by atoms with van der Waals surface area (Å²) in [7, 11) is 0. The molecule has 2 aromatic heterocycles. The van der Waals surface area contributed by atoms with E-state index in [-0.39, 0.29) is 17.1 Å². The van der Waals surface area contributed by atoms with E-state index in [9.17, 15) is 4.79 Å². The van der Waals surface area contributed by atoms with Crippen molar-refractivity contribution < 1.29 is 4.79 Å². The number of anilines is 1. The zero-order valence-electron chi connectivity index (χ0n) is 15.6. The van der Waals surface area contributed by atoms with E-state index in [4.69, 9.17) is 16.6 Å². The molecule has 0 radical (unpaired) electrons. The van der Waals surface area contributed by atoms with E-state index in [1.165, 1.54) is 11.8 Å². The van der Waals surface area contributed by atoms with E-state index in [0.717, 1.165) is 21.8 Å². The summed E-state index contributed by atoms with van der Waals surface area (Å²) < 4.78 is 2.11. The van der Waals surface area contributed by atoms with Gasteiger partial charge in [-0.15, -0.1) is 0 Å². The molecule has 0 aliphatic heterocycles. The number of fused-ring (bicyclic) bond motifs is 1. The molecule has 0 aliphatic rings. The average Bonchev–Trinajstić information content (AvgIpc) is 3.05. The Balaban J connectivity index is 1.61. The highest BCUT2D eigenvalue weighted by Crippen LogP contribution is 2.30. The standard InChI is InChI=1S/C21H18ClN5OS/c1-14(19(28)26-20-23-10-5-11-24-20)29-21-25-17-12-16(22)8-9-18(17)27(21)13-15-6-3-2-4-7-15/h2-12,14H,13H2,1H3,(H,23,24,26,28)/t14-/m0/s1. The van der Waals surface area contributed by atoms with E-state index in [0.29, 0.717) is 11.6 Å². The minimum atomic E-state index is -0.388. The Hall–Kier alpha value is -2.90. The summed E-state index contributed by atoms with van der Waals surface area (Å²) >= 11 is 7.54. The zero-order chi connectivity index (χ0) is 20.2. The quantitative estimate of drug-likeness (QED) is 0.457. The van der Waals surface area contributed by atoms with Crippen molar-refractivity contribution in [2.24, 2.45) is 0 Å². The van der Waals surface area contributed by atoms with Crippen molar-refractivity contribution in [1.82, 2.24) is 19.5 Å². The highest BCUT2D eigenvalue weighted by atomic mass is 35.5. The van der Waals surface area contributed by atoms with E-state index in [2.05, 4.69) is 32.0 Å². The molecule has 2 heterocycles. The third kappa shape index (κ3) is 4.58. The van der Waals surface area contributed by atoms with Crippen LogP contribution in [0.15, 0.2) is 72.1 Å². The number of nitrogens with one attached hydrogen (secondary N) is 1. The molecule has 29 heavy (non-hydrogen) atoms. The minimum Gasteiger partial charge on any atom is -0.314 e. The smallest absolute Gasteiger partial charge is 0.240 e. The molecule has 0 saturated carbocycles. The predicted octanol–water partition coefficient (Wildman–Crippen LogP) is 4.65. The molecule has 1 N–H and O–H groups in total. The summed E-state index contributed by atoms with van der Waals surface area (Å²) in [5.74, 6) is 0.104. The molecule has 0 unspecified atom stereocenters. The van der Waals surface area contributed by atoms with Gasteiger partial charge >= 0.3 is 0 Å². The average molecular weight is 424 g/mol. The topological polar surface area (TPSA) is 72.7 Å². The normalized spacial score (nSPS) is 12.1. The molecule has 0 fully saturated rings. The number of rotatable bonds is 6. The zero-order valence-corrected chi connectivity index (χ0v) is 17.2. The van der Waals surface area contributed by atoms with Gasteiger partial charge in [-0.05, 0) is 36.8 Å². The first kappa shape index (κ1) is 19.4. The van der Waals surface area contributed by atoms with E-state index >= 15 is 0 Å². The lowest BCUT2D eigenvalue weighted by Crippen LogP contribution is -2.24. The van der Waals surface area contributed by atoms with Gasteiger partial charge in [-0.25, -0.2) is 15.0 Å². The first-order chi connectivity index (χ1) is 14.1. The number of hydrogen-bond acceptors (Lipinski definition) is 5. The maximum Gasteiger partial charge on any atom is 0.240 e. The third-order valence-corrected chi connectivity index (χ3v) is 5.64. The van der Waals surface area contributed by atoms with Gasteiger partial charge in [-0.1, -0.05) is 53.7 Å². The van der Waals surface area contributed by atoms with Crippen molar-refractivity contribution in [1.29, 1.82) is 0 Å². The largest absolute Gasteiger partial charge is 0.314 e. The van der Waals surface area contributed by atoms with Crippen LogP contribution < -0.4 is 5.32 Å². The fourth-order valence-electron chi connectivity index (χ4n) is 2.88. The number of carbonyl (C=O) groups is 1. The van der Waals surface area contributed by atoms with Crippen molar-refractivity contribution in [2.75, 3.05) is 5.32 Å². The minimum absolute atomic E-state index is 0.183. The van der Waals surface area contributed by atoms with E-state index in [1.807, 2.05) is 43.3 Å². The van der Waals surface area contributed by atoms with Crippen LogP contribution in [0.4, 0.5) is 5.95 Å². The number of amides is 1. The van der Waals surface area contributed by atoms with Crippen LogP contribution in [0.2, 0.25) is 5.02 Å². The molecule has 6 nitrogen and oxygen atoms in total. The van der Waals surface area contributed by atoms with E-state index in [1.54, 1.807) is 18.5 Å². The number of aromatic nitrogens is 4. The van der Waals surface area contributed by atoms with Crippen LogP contribution in [0, 0.1) is 0 Å². The number of halogens is 1. The second-order valence-corrected chi connectivity index (χ2v) is 8.17. The van der Waals surface area contributed by atoms with Gasteiger partial charge < -0.3 is 4.57 Å². The lowest BCUT2D eigenvalue weighted by atomic mass is 10.2. The molecule has 4 aromatic rings. The van der Waals surface area contributed by atoms with Crippen molar-refractivity contribution in [3.05, 3.63) is 77.6 Å². The molecule has 146 valence electrons. The predicted molar refractivity (Wildman–Crippen MR) is 116 cm³/mol. The van der Waals surface area contributed by atoms with Crippen LogP contribution in [0.5, 0.6) is 0 Å². The molecule has 0 bridgehead atoms. The van der Waals surface area contributed by atoms with Crippen LogP contribution >= 0.6 is 23.4 Å². The number of nitrogens with zero attached hydrogens (tertiary/aromatic N) is 4. The Morgan fingerprint density at radius 2 is 1.90 bits per heavy atom. The van der Waals surface area contributed by atoms with Crippen molar-refractivity contribution >= 4 is 46.3 Å². The highest BCUT2D eigenvalue weighted by molar-refractivity contribution is 8.00. The third-order valence-electron chi connectivity index (χ3n) is 4.31. The Morgan fingerprint density at radius 3 is 2.66 bits per heavy atom. The maximum atomic E-state index is 12.6. The number of benzene rings is 2. The Bertz CT molecular complexity index is 1130. The number of imidazole rings is 1. The van der Waals surface area contributed by atoms with E-state index < -0.39 is 0 Å². The monoisotopic (exact) mass is 423 g/mol. The molecule has 1 atom stereocenters. The lowest BCUT2D eigenvalue weighted by molar-refractivity contribution is -0.115. The Morgan fingerprint density at radius 1 is 1.14 bits per heavy atom. The van der Waals surface area contributed by atoms with Crippen LogP contribution in [-0.2, 0) is 11.3 Å². The molecule has 1 amide bonds. The van der Waals surface area contributed by atoms with Gasteiger partial charge in [0.15, 0.2) is 5.16 Å². The Kier molecular flexibility index (Phi) is 5.78. The van der Waals surface area contributed by atoms with Crippen molar-refractivity contribution in [3.63, 3.8) is 0 Å². The highest BCUT2D eigenvalue weighted by Gasteiger charge is 2.20. The fraction of sp³-hybridized carbons (Fsp3) is 0.143. The molecular formula is C21H18ClN5OS. The van der Waals surface area contributed by atoms with Crippen molar-refractivity contribution in [3.8, 4) is 0 Å². The summed E-state index contributed by atoms with van der Waals surface area (Å²) in [5.41, 5.74) is 2.92. The molecule has 4 rings (SSSR count). The molecule has 2 aromatic carbocycles. The van der Waals surface area contributed by atoms with Crippen LogP contribution in [-0.4, -0.2) is 30.7 Å². The van der Waals surface area contributed by atoms with Gasteiger partial charge in [-0.2, -0.15) is 0 Å². The Labute approximate surface area is 177 Å². The number of carbonyl (C=O) groups excluding carboxylic acids is 1.